The predicted octanol–water partition coefficient (Wildman–Crippen LogP) is 0.838. The van der Waals surface area contributed by atoms with Crippen LogP contribution in [0.2, 0.25) is 0 Å². The lowest BCUT2D eigenvalue weighted by Gasteiger charge is -2.22. The Bertz CT molecular complexity index is 684. The van der Waals surface area contributed by atoms with Crippen molar-refractivity contribution < 1.29 is 23.1 Å². The highest BCUT2D eigenvalue weighted by atomic mass is 32.2. The quantitative estimate of drug-likeness (QED) is 0.805. The van der Waals surface area contributed by atoms with Gasteiger partial charge in [-0.2, -0.15) is 0 Å². The van der Waals surface area contributed by atoms with Gasteiger partial charge in [-0.15, -0.1) is 0 Å². The van der Waals surface area contributed by atoms with Crippen LogP contribution in [-0.4, -0.2) is 49.9 Å². The number of hydrogen-bond donors (Lipinski definition) is 2. The lowest BCUT2D eigenvalue weighted by atomic mass is 10.1. The molecule has 0 heterocycles. The molecule has 1 aromatic carbocycles. The van der Waals surface area contributed by atoms with Gasteiger partial charge in [0, 0.05) is 19.2 Å². The summed E-state index contributed by atoms with van der Waals surface area (Å²) in [6.07, 6.45) is 0. The van der Waals surface area contributed by atoms with E-state index in [4.69, 9.17) is 5.11 Å². The second-order valence-corrected chi connectivity index (χ2v) is 6.68. The number of benzene rings is 1. The number of carbonyl (C=O) groups is 2. The number of rotatable bonds is 6. The summed E-state index contributed by atoms with van der Waals surface area (Å²) in [5.74, 6) is -1.68. The number of sulfonamides is 1. The zero-order valence-corrected chi connectivity index (χ0v) is 13.8. The summed E-state index contributed by atoms with van der Waals surface area (Å²) in [5, 5.41) is 8.97. The van der Waals surface area contributed by atoms with Gasteiger partial charge in [-0.1, -0.05) is 13.0 Å². The summed E-state index contributed by atoms with van der Waals surface area (Å²) in [6.45, 7) is 4.93. The standard InChI is InChI=1S/C14H20N2O5S/c1-5-15-22(20,21)11-7-6-9(2)12(8-11)13(17)16(4)10(3)14(18)19/h6-8,10,15H,5H2,1-4H3,(H,18,19). The smallest absolute Gasteiger partial charge is 0.326 e. The number of likely N-dealkylation sites (N-methyl/N-ethyl adjacent to an activating group) is 1. The van der Waals surface area contributed by atoms with Crippen LogP contribution in [0.3, 0.4) is 0 Å². The molecule has 0 fully saturated rings. The Morgan fingerprint density at radius 1 is 1.36 bits per heavy atom. The molecule has 1 unspecified atom stereocenters. The summed E-state index contributed by atoms with van der Waals surface area (Å²) in [7, 11) is -2.32. The second kappa shape index (κ2) is 6.89. The first-order valence-electron chi connectivity index (χ1n) is 6.72. The van der Waals surface area contributed by atoms with E-state index in [1.165, 1.54) is 32.2 Å². The van der Waals surface area contributed by atoms with Crippen molar-refractivity contribution in [3.8, 4) is 0 Å². The number of amides is 1. The van der Waals surface area contributed by atoms with Gasteiger partial charge in [-0.3, -0.25) is 4.79 Å². The largest absolute Gasteiger partial charge is 0.480 e. The Morgan fingerprint density at radius 3 is 2.45 bits per heavy atom. The third kappa shape index (κ3) is 3.83. The van der Waals surface area contributed by atoms with Crippen molar-refractivity contribution in [2.45, 2.75) is 31.7 Å². The van der Waals surface area contributed by atoms with Crippen molar-refractivity contribution in [1.82, 2.24) is 9.62 Å². The Labute approximate surface area is 130 Å². The number of aryl methyl sites for hydroxylation is 1. The number of carboxylic acids is 1. The molecule has 0 aliphatic rings. The molecular formula is C14H20N2O5S. The first-order valence-corrected chi connectivity index (χ1v) is 8.20. The molecule has 7 nitrogen and oxygen atoms in total. The number of carboxylic acid groups (broad SMARTS) is 1. The van der Waals surface area contributed by atoms with Gasteiger partial charge in [0.25, 0.3) is 5.91 Å². The Morgan fingerprint density at radius 2 is 1.95 bits per heavy atom. The van der Waals surface area contributed by atoms with Crippen LogP contribution in [0, 0.1) is 6.92 Å². The maximum Gasteiger partial charge on any atom is 0.326 e. The summed E-state index contributed by atoms with van der Waals surface area (Å²) < 4.78 is 26.3. The topological polar surface area (TPSA) is 104 Å². The lowest BCUT2D eigenvalue weighted by molar-refractivity contribution is -0.141. The third-order valence-electron chi connectivity index (χ3n) is 3.34. The molecule has 8 heteroatoms. The van der Waals surface area contributed by atoms with E-state index < -0.39 is 27.9 Å². The molecule has 0 aliphatic heterocycles. The maximum absolute atomic E-state index is 12.4. The highest BCUT2D eigenvalue weighted by Gasteiger charge is 2.25. The van der Waals surface area contributed by atoms with Crippen LogP contribution >= 0.6 is 0 Å². The number of nitrogens with one attached hydrogen (secondary N) is 1. The molecule has 0 spiro atoms. The number of nitrogens with zero attached hydrogens (tertiary/aromatic N) is 1. The minimum absolute atomic E-state index is 0.0281. The van der Waals surface area contributed by atoms with Gasteiger partial charge in [0.05, 0.1) is 4.90 Å². The van der Waals surface area contributed by atoms with Gasteiger partial charge in [0.1, 0.15) is 6.04 Å². The lowest BCUT2D eigenvalue weighted by Crippen LogP contribution is -2.40. The molecule has 1 aromatic rings. The van der Waals surface area contributed by atoms with Crippen LogP contribution in [0.4, 0.5) is 0 Å². The normalized spacial score (nSPS) is 12.7. The predicted molar refractivity (Wildman–Crippen MR) is 81.2 cm³/mol. The van der Waals surface area contributed by atoms with Gasteiger partial charge < -0.3 is 10.0 Å². The number of carbonyl (C=O) groups excluding carboxylic acids is 1. The SMILES string of the molecule is CCNS(=O)(=O)c1ccc(C)c(C(=O)N(C)C(C)C(=O)O)c1. The summed E-state index contributed by atoms with van der Waals surface area (Å²) in [6, 6.07) is 3.18. The first kappa shape index (κ1) is 18.1. The van der Waals surface area contributed by atoms with Gasteiger partial charge >= 0.3 is 5.97 Å². The third-order valence-corrected chi connectivity index (χ3v) is 4.89. The molecule has 22 heavy (non-hydrogen) atoms. The average Bonchev–Trinajstić information content (AvgIpc) is 2.45. The van der Waals surface area contributed by atoms with E-state index in [1.54, 1.807) is 13.8 Å². The van der Waals surface area contributed by atoms with Crippen molar-refractivity contribution in [2.24, 2.45) is 0 Å². The fourth-order valence-corrected chi connectivity index (χ4v) is 2.87. The summed E-state index contributed by atoms with van der Waals surface area (Å²) in [4.78, 5) is 24.4. The van der Waals surface area contributed by atoms with E-state index in [-0.39, 0.29) is 17.0 Å². The van der Waals surface area contributed by atoms with Gasteiger partial charge in [0.2, 0.25) is 10.0 Å². The number of aliphatic carboxylic acids is 1. The van der Waals surface area contributed by atoms with Crippen molar-refractivity contribution in [3.63, 3.8) is 0 Å². The van der Waals surface area contributed by atoms with Crippen LogP contribution < -0.4 is 4.72 Å². The van der Waals surface area contributed by atoms with Crippen molar-refractivity contribution in [1.29, 1.82) is 0 Å². The maximum atomic E-state index is 12.4. The molecule has 1 amide bonds. The highest BCUT2D eigenvalue weighted by Crippen LogP contribution is 2.18. The van der Waals surface area contributed by atoms with E-state index in [2.05, 4.69) is 4.72 Å². The second-order valence-electron chi connectivity index (χ2n) is 4.91. The molecule has 0 aliphatic carbocycles. The van der Waals surface area contributed by atoms with E-state index in [0.29, 0.717) is 5.56 Å². The summed E-state index contributed by atoms with van der Waals surface area (Å²) >= 11 is 0. The van der Waals surface area contributed by atoms with Gasteiger partial charge in [-0.25, -0.2) is 17.9 Å². The molecule has 0 radical (unpaired) electrons. The molecule has 1 rings (SSSR count). The average molecular weight is 328 g/mol. The molecule has 0 bridgehead atoms. The molecule has 0 aromatic heterocycles. The van der Waals surface area contributed by atoms with Crippen LogP contribution in [0.25, 0.3) is 0 Å². The minimum Gasteiger partial charge on any atom is -0.480 e. The Kier molecular flexibility index (Phi) is 5.67. The minimum atomic E-state index is -3.68. The molecule has 2 N–H and O–H groups in total. The monoisotopic (exact) mass is 328 g/mol. The highest BCUT2D eigenvalue weighted by molar-refractivity contribution is 7.89. The molecule has 0 saturated carbocycles. The van der Waals surface area contributed by atoms with Crippen LogP contribution in [0.1, 0.15) is 29.8 Å². The van der Waals surface area contributed by atoms with Crippen molar-refractivity contribution >= 4 is 21.9 Å². The van der Waals surface area contributed by atoms with Crippen LogP contribution in [0.15, 0.2) is 23.1 Å². The molecule has 0 saturated heterocycles. The van der Waals surface area contributed by atoms with Gasteiger partial charge in [-0.05, 0) is 31.5 Å². The van der Waals surface area contributed by atoms with E-state index in [9.17, 15) is 18.0 Å². The zero-order chi connectivity index (χ0) is 17.1. The van der Waals surface area contributed by atoms with E-state index in [1.807, 2.05) is 0 Å². The van der Waals surface area contributed by atoms with E-state index in [0.717, 1.165) is 4.90 Å². The van der Waals surface area contributed by atoms with Gasteiger partial charge in [0.15, 0.2) is 0 Å². The molecule has 122 valence electrons. The fourth-order valence-electron chi connectivity index (χ4n) is 1.80. The van der Waals surface area contributed by atoms with Crippen LogP contribution in [0.5, 0.6) is 0 Å². The van der Waals surface area contributed by atoms with E-state index >= 15 is 0 Å². The van der Waals surface area contributed by atoms with Crippen LogP contribution in [-0.2, 0) is 14.8 Å². The zero-order valence-electron chi connectivity index (χ0n) is 13.0. The summed E-state index contributed by atoms with van der Waals surface area (Å²) in [5.41, 5.74) is 0.736. The van der Waals surface area contributed by atoms with Crippen molar-refractivity contribution in [3.05, 3.63) is 29.3 Å². The number of hydrogen-bond acceptors (Lipinski definition) is 4. The first-order chi connectivity index (χ1) is 10.1. The molecular weight excluding hydrogens is 308 g/mol. The Balaban J connectivity index is 3.25. The van der Waals surface area contributed by atoms with Crippen molar-refractivity contribution in [2.75, 3.05) is 13.6 Å². The fraction of sp³-hybridized carbons (Fsp3) is 0.429. The molecule has 1 atom stereocenters. The Hall–Kier alpha value is -1.93.